The van der Waals surface area contributed by atoms with E-state index >= 15 is 0 Å². The smallest absolute Gasteiger partial charge is 0.356 e. The number of methoxy groups -OCH3 is 1. The summed E-state index contributed by atoms with van der Waals surface area (Å²) in [5.74, 6) is -0.876. The standard InChI is InChI=1S/C26H31N5O4/c1-15(26(3,4)34)29-18-12-20-22(30-16(2)32)23(25(33)35-5)31(24(20)28-14-18)11-10-17-13-27-21-9-7-6-8-19(17)21/h6-9,12-15,27,29,34H,10-11H2,1-5H3,(H,30,32)/t15-/m0/s1. The summed E-state index contributed by atoms with van der Waals surface area (Å²) in [5.41, 5.74) is 2.98. The number of hydrogen-bond donors (Lipinski definition) is 4. The molecule has 0 bridgehead atoms. The van der Waals surface area contributed by atoms with E-state index in [4.69, 9.17) is 4.74 Å². The summed E-state index contributed by atoms with van der Waals surface area (Å²) in [6.07, 6.45) is 4.26. The number of fused-ring (bicyclic) bond motifs is 2. The van der Waals surface area contributed by atoms with Gasteiger partial charge in [-0.05, 0) is 44.9 Å². The van der Waals surface area contributed by atoms with Gasteiger partial charge in [0.2, 0.25) is 5.91 Å². The maximum atomic E-state index is 12.9. The highest BCUT2D eigenvalue weighted by Crippen LogP contribution is 2.33. The van der Waals surface area contributed by atoms with E-state index in [-0.39, 0.29) is 17.6 Å². The first kappa shape index (κ1) is 24.3. The van der Waals surface area contributed by atoms with Crippen LogP contribution < -0.4 is 10.6 Å². The molecule has 184 valence electrons. The summed E-state index contributed by atoms with van der Waals surface area (Å²) in [6, 6.07) is 9.60. The number of aliphatic hydroxyl groups is 1. The van der Waals surface area contributed by atoms with Crippen LogP contribution >= 0.6 is 0 Å². The molecule has 4 aromatic rings. The van der Waals surface area contributed by atoms with Crippen LogP contribution in [0.25, 0.3) is 21.9 Å². The Balaban J connectivity index is 1.81. The first-order valence-electron chi connectivity index (χ1n) is 11.5. The van der Waals surface area contributed by atoms with Crippen LogP contribution in [0.1, 0.15) is 43.7 Å². The number of carbonyl (C=O) groups excluding carboxylic acids is 2. The minimum absolute atomic E-state index is 0.234. The third-order valence-corrected chi connectivity index (χ3v) is 6.30. The average Bonchev–Trinajstić information content (AvgIpc) is 3.35. The number of anilines is 2. The molecule has 1 aromatic carbocycles. The van der Waals surface area contributed by atoms with E-state index in [9.17, 15) is 14.7 Å². The number of hydrogen-bond acceptors (Lipinski definition) is 6. The van der Waals surface area contributed by atoms with Gasteiger partial charge in [-0.25, -0.2) is 9.78 Å². The van der Waals surface area contributed by atoms with Gasteiger partial charge in [0.25, 0.3) is 0 Å². The van der Waals surface area contributed by atoms with Crippen molar-refractivity contribution < 1.29 is 19.4 Å². The molecule has 0 saturated heterocycles. The second-order valence-electron chi connectivity index (χ2n) is 9.27. The Bertz CT molecular complexity index is 1400. The summed E-state index contributed by atoms with van der Waals surface area (Å²) in [4.78, 5) is 32.9. The van der Waals surface area contributed by atoms with Crippen molar-refractivity contribution in [2.24, 2.45) is 0 Å². The largest absolute Gasteiger partial charge is 0.464 e. The lowest BCUT2D eigenvalue weighted by Crippen LogP contribution is -2.39. The summed E-state index contributed by atoms with van der Waals surface area (Å²) < 4.78 is 6.87. The highest BCUT2D eigenvalue weighted by atomic mass is 16.5. The molecule has 1 amide bonds. The molecule has 35 heavy (non-hydrogen) atoms. The third kappa shape index (κ3) is 4.85. The maximum absolute atomic E-state index is 12.9. The van der Waals surface area contributed by atoms with E-state index in [1.807, 2.05) is 37.4 Å². The SMILES string of the molecule is COC(=O)c1c(NC(C)=O)c2cc(N[C@@H](C)C(C)(C)O)cnc2n1CCc1c[nH]c2ccccc12. The Labute approximate surface area is 203 Å². The van der Waals surface area contributed by atoms with Crippen LogP contribution in [0.4, 0.5) is 11.4 Å². The van der Waals surface area contributed by atoms with Gasteiger partial charge in [0.15, 0.2) is 5.69 Å². The molecule has 0 fully saturated rings. The number of aryl methyl sites for hydroxylation is 2. The Hall–Kier alpha value is -3.85. The van der Waals surface area contributed by atoms with Crippen molar-refractivity contribution in [3.05, 3.63) is 54.0 Å². The fourth-order valence-electron chi connectivity index (χ4n) is 4.13. The van der Waals surface area contributed by atoms with Gasteiger partial charge in [0, 0.05) is 36.0 Å². The Morgan fingerprint density at radius 1 is 1.26 bits per heavy atom. The predicted molar refractivity (Wildman–Crippen MR) is 137 cm³/mol. The van der Waals surface area contributed by atoms with Gasteiger partial charge in [0.1, 0.15) is 5.65 Å². The predicted octanol–water partition coefficient (Wildman–Crippen LogP) is 4.08. The summed E-state index contributed by atoms with van der Waals surface area (Å²) >= 11 is 0. The molecule has 4 N–H and O–H groups in total. The fourth-order valence-corrected chi connectivity index (χ4v) is 4.13. The number of amides is 1. The second kappa shape index (κ2) is 9.42. The molecule has 4 rings (SSSR count). The number of ether oxygens (including phenoxy) is 1. The molecular formula is C26H31N5O4. The zero-order valence-electron chi connectivity index (χ0n) is 20.6. The zero-order chi connectivity index (χ0) is 25.3. The molecule has 3 heterocycles. The number of aromatic nitrogens is 3. The summed E-state index contributed by atoms with van der Waals surface area (Å²) in [7, 11) is 1.31. The molecule has 0 saturated carbocycles. The van der Waals surface area contributed by atoms with Gasteiger partial charge < -0.3 is 30.0 Å². The van der Waals surface area contributed by atoms with Gasteiger partial charge >= 0.3 is 5.97 Å². The zero-order valence-corrected chi connectivity index (χ0v) is 20.6. The quantitative estimate of drug-likeness (QED) is 0.284. The number of H-pyrrole nitrogens is 1. The van der Waals surface area contributed by atoms with Gasteiger partial charge in [-0.2, -0.15) is 0 Å². The van der Waals surface area contributed by atoms with Gasteiger partial charge in [-0.15, -0.1) is 0 Å². The minimum Gasteiger partial charge on any atom is -0.464 e. The van der Waals surface area contributed by atoms with Crippen LogP contribution in [-0.2, 0) is 22.5 Å². The Kier molecular flexibility index (Phi) is 6.53. The van der Waals surface area contributed by atoms with Gasteiger partial charge in [-0.3, -0.25) is 4.79 Å². The third-order valence-electron chi connectivity index (χ3n) is 6.30. The molecule has 3 aromatic heterocycles. The number of nitrogens with zero attached hydrogens (tertiary/aromatic N) is 2. The number of carbonyl (C=O) groups is 2. The number of nitrogens with one attached hydrogen (secondary N) is 3. The van der Waals surface area contributed by atoms with Crippen molar-refractivity contribution in [2.75, 3.05) is 17.7 Å². The molecule has 0 aliphatic heterocycles. The second-order valence-corrected chi connectivity index (χ2v) is 9.27. The molecule has 0 spiro atoms. The molecular weight excluding hydrogens is 446 g/mol. The maximum Gasteiger partial charge on any atom is 0.356 e. The van der Waals surface area contributed by atoms with Crippen molar-refractivity contribution in [1.29, 1.82) is 0 Å². The normalized spacial score (nSPS) is 12.6. The van der Waals surface area contributed by atoms with Crippen molar-refractivity contribution in [3.8, 4) is 0 Å². The van der Waals surface area contributed by atoms with Crippen molar-refractivity contribution in [2.45, 2.75) is 52.3 Å². The lowest BCUT2D eigenvalue weighted by molar-refractivity contribution is -0.114. The van der Waals surface area contributed by atoms with E-state index in [2.05, 4.69) is 26.7 Å². The average molecular weight is 478 g/mol. The van der Waals surface area contributed by atoms with Crippen molar-refractivity contribution in [1.82, 2.24) is 14.5 Å². The highest BCUT2D eigenvalue weighted by molar-refractivity contribution is 6.11. The highest BCUT2D eigenvalue weighted by Gasteiger charge is 2.27. The lowest BCUT2D eigenvalue weighted by Gasteiger charge is -2.27. The minimum atomic E-state index is -0.960. The summed E-state index contributed by atoms with van der Waals surface area (Å²) in [5, 5.41) is 18.1. The van der Waals surface area contributed by atoms with Crippen LogP contribution in [-0.4, -0.2) is 50.3 Å². The van der Waals surface area contributed by atoms with E-state index in [0.717, 1.165) is 16.5 Å². The number of para-hydroxylation sites is 1. The van der Waals surface area contributed by atoms with E-state index in [1.54, 1.807) is 24.6 Å². The van der Waals surface area contributed by atoms with Crippen LogP contribution in [0.5, 0.6) is 0 Å². The number of pyridine rings is 1. The molecule has 0 aliphatic carbocycles. The van der Waals surface area contributed by atoms with E-state index < -0.39 is 11.6 Å². The topological polar surface area (TPSA) is 121 Å². The molecule has 0 aliphatic rings. The molecule has 0 radical (unpaired) electrons. The molecule has 9 nitrogen and oxygen atoms in total. The summed E-state index contributed by atoms with van der Waals surface area (Å²) in [6.45, 7) is 7.14. The first-order chi connectivity index (χ1) is 16.6. The fraction of sp³-hybridized carbons (Fsp3) is 0.346. The van der Waals surface area contributed by atoms with E-state index in [0.29, 0.717) is 35.4 Å². The van der Waals surface area contributed by atoms with Gasteiger partial charge in [-0.1, -0.05) is 18.2 Å². The molecule has 0 unspecified atom stereocenters. The Morgan fingerprint density at radius 2 is 2.00 bits per heavy atom. The Morgan fingerprint density at radius 3 is 2.69 bits per heavy atom. The number of aromatic amines is 1. The van der Waals surface area contributed by atoms with Crippen LogP contribution in [0.15, 0.2) is 42.7 Å². The molecule has 1 atom stereocenters. The van der Waals surface area contributed by atoms with Crippen molar-refractivity contribution >= 4 is 45.2 Å². The number of benzene rings is 1. The number of esters is 1. The van der Waals surface area contributed by atoms with Crippen LogP contribution in [0.3, 0.4) is 0 Å². The monoisotopic (exact) mass is 477 g/mol. The van der Waals surface area contributed by atoms with Crippen LogP contribution in [0.2, 0.25) is 0 Å². The lowest BCUT2D eigenvalue weighted by atomic mass is 10.0. The number of rotatable bonds is 8. The first-order valence-corrected chi connectivity index (χ1v) is 11.5. The molecule has 9 heteroatoms. The van der Waals surface area contributed by atoms with Crippen molar-refractivity contribution in [3.63, 3.8) is 0 Å². The van der Waals surface area contributed by atoms with Crippen LogP contribution in [0, 0.1) is 0 Å². The van der Waals surface area contributed by atoms with E-state index in [1.165, 1.54) is 14.0 Å². The van der Waals surface area contributed by atoms with Gasteiger partial charge in [0.05, 0.1) is 36.3 Å².